The average Bonchev–Trinajstić information content (AvgIpc) is 2.24. The normalized spacial score (nSPS) is 10.5. The highest BCUT2D eigenvalue weighted by atomic mass is 16.4. The van der Waals surface area contributed by atoms with Crippen LogP contribution in [0.4, 0.5) is 0 Å². The van der Waals surface area contributed by atoms with Crippen molar-refractivity contribution in [3.63, 3.8) is 0 Å². The van der Waals surface area contributed by atoms with Crippen molar-refractivity contribution in [2.75, 3.05) is 13.6 Å². The number of nitrogens with zero attached hydrogens (tertiary/aromatic N) is 1. The Morgan fingerprint density at radius 1 is 1.19 bits per heavy atom. The molecule has 0 spiro atoms. The zero-order valence-electron chi connectivity index (χ0n) is 10.5. The van der Waals surface area contributed by atoms with Gasteiger partial charge < -0.3 is 10.0 Å². The fourth-order valence-electron chi connectivity index (χ4n) is 1.77. The van der Waals surface area contributed by atoms with Crippen LogP contribution in [-0.4, -0.2) is 35.5 Å². The van der Waals surface area contributed by atoms with E-state index in [0.29, 0.717) is 6.54 Å². The van der Waals surface area contributed by atoms with Crippen molar-refractivity contribution in [3.05, 3.63) is 0 Å². The lowest BCUT2D eigenvalue weighted by atomic mass is 9.97. The molecule has 0 atom stereocenters. The molecule has 0 unspecified atom stereocenters. The van der Waals surface area contributed by atoms with Gasteiger partial charge in [0.2, 0.25) is 5.91 Å². The van der Waals surface area contributed by atoms with Crippen molar-refractivity contribution >= 4 is 11.9 Å². The molecular formula is C12H23NO3. The topological polar surface area (TPSA) is 57.6 Å². The summed E-state index contributed by atoms with van der Waals surface area (Å²) < 4.78 is 0. The molecule has 1 amide bonds. The van der Waals surface area contributed by atoms with Crippen molar-refractivity contribution in [2.24, 2.45) is 5.92 Å². The van der Waals surface area contributed by atoms with Crippen LogP contribution in [0.5, 0.6) is 0 Å². The molecule has 0 aromatic carbocycles. The fourth-order valence-corrected chi connectivity index (χ4v) is 1.77. The van der Waals surface area contributed by atoms with Crippen molar-refractivity contribution < 1.29 is 14.7 Å². The van der Waals surface area contributed by atoms with Gasteiger partial charge in [-0.2, -0.15) is 0 Å². The summed E-state index contributed by atoms with van der Waals surface area (Å²) in [6.45, 7) is 4.43. The van der Waals surface area contributed by atoms with Crippen molar-refractivity contribution in [1.82, 2.24) is 4.90 Å². The second kappa shape index (κ2) is 8.13. The van der Waals surface area contributed by atoms with Gasteiger partial charge in [0.05, 0.1) is 6.42 Å². The molecular weight excluding hydrogens is 206 g/mol. The van der Waals surface area contributed by atoms with Crippen LogP contribution < -0.4 is 0 Å². The standard InChI is InChI=1S/C12H23NO3/c1-4-6-10(7-5-2)12(16)13(3)9-8-11(14)15/h10H,4-9H2,1-3H3,(H,14,15). The summed E-state index contributed by atoms with van der Waals surface area (Å²) in [7, 11) is 1.68. The van der Waals surface area contributed by atoms with E-state index >= 15 is 0 Å². The third kappa shape index (κ3) is 5.73. The van der Waals surface area contributed by atoms with E-state index in [2.05, 4.69) is 13.8 Å². The molecule has 0 rings (SSSR count). The molecule has 4 heteroatoms. The van der Waals surface area contributed by atoms with Gasteiger partial charge >= 0.3 is 5.97 Å². The molecule has 0 fully saturated rings. The van der Waals surface area contributed by atoms with E-state index in [4.69, 9.17) is 5.11 Å². The molecule has 16 heavy (non-hydrogen) atoms. The summed E-state index contributed by atoms with van der Waals surface area (Å²) >= 11 is 0. The van der Waals surface area contributed by atoms with Crippen LogP contribution in [0.3, 0.4) is 0 Å². The molecule has 0 saturated carbocycles. The highest BCUT2D eigenvalue weighted by Gasteiger charge is 2.20. The summed E-state index contributed by atoms with van der Waals surface area (Å²) in [5.41, 5.74) is 0. The second-order valence-electron chi connectivity index (χ2n) is 4.18. The van der Waals surface area contributed by atoms with Crippen LogP contribution in [0.1, 0.15) is 46.0 Å². The molecule has 0 radical (unpaired) electrons. The predicted molar refractivity (Wildman–Crippen MR) is 63.2 cm³/mol. The zero-order chi connectivity index (χ0) is 12.6. The number of carbonyl (C=O) groups is 2. The molecule has 0 aliphatic heterocycles. The Bertz CT molecular complexity index is 222. The lowest BCUT2D eigenvalue weighted by Gasteiger charge is -2.22. The number of aliphatic carboxylic acids is 1. The summed E-state index contributed by atoms with van der Waals surface area (Å²) in [6, 6.07) is 0. The lowest BCUT2D eigenvalue weighted by molar-refractivity contribution is -0.139. The molecule has 0 saturated heterocycles. The van der Waals surface area contributed by atoms with Crippen molar-refractivity contribution in [1.29, 1.82) is 0 Å². The predicted octanol–water partition coefficient (Wildman–Crippen LogP) is 2.14. The number of amides is 1. The molecule has 0 bridgehead atoms. The van der Waals surface area contributed by atoms with Crippen LogP contribution in [0.2, 0.25) is 0 Å². The van der Waals surface area contributed by atoms with E-state index in [1.165, 1.54) is 0 Å². The fraction of sp³-hybridized carbons (Fsp3) is 0.833. The first-order valence-corrected chi connectivity index (χ1v) is 5.99. The smallest absolute Gasteiger partial charge is 0.305 e. The Kier molecular flexibility index (Phi) is 7.60. The van der Waals surface area contributed by atoms with Gasteiger partial charge in [-0.25, -0.2) is 0 Å². The third-order valence-corrected chi connectivity index (χ3v) is 2.66. The first-order valence-electron chi connectivity index (χ1n) is 5.99. The van der Waals surface area contributed by atoms with Gasteiger partial charge in [-0.15, -0.1) is 0 Å². The van der Waals surface area contributed by atoms with Crippen molar-refractivity contribution in [3.8, 4) is 0 Å². The number of hydrogen-bond acceptors (Lipinski definition) is 2. The van der Waals surface area contributed by atoms with Gasteiger partial charge in [0.1, 0.15) is 0 Å². The minimum Gasteiger partial charge on any atom is -0.481 e. The Morgan fingerprint density at radius 3 is 2.06 bits per heavy atom. The van der Waals surface area contributed by atoms with E-state index in [0.717, 1.165) is 25.7 Å². The largest absolute Gasteiger partial charge is 0.481 e. The summed E-state index contributed by atoms with van der Waals surface area (Å²) in [5, 5.41) is 8.55. The van der Waals surface area contributed by atoms with Crippen molar-refractivity contribution in [2.45, 2.75) is 46.0 Å². The Morgan fingerprint density at radius 2 is 1.69 bits per heavy atom. The number of carbonyl (C=O) groups excluding carboxylic acids is 1. The van der Waals surface area contributed by atoms with E-state index in [9.17, 15) is 9.59 Å². The number of rotatable bonds is 8. The molecule has 0 aromatic heterocycles. The van der Waals surface area contributed by atoms with E-state index < -0.39 is 5.97 Å². The van der Waals surface area contributed by atoms with Crippen LogP contribution >= 0.6 is 0 Å². The van der Waals surface area contributed by atoms with Gasteiger partial charge in [-0.05, 0) is 12.8 Å². The van der Waals surface area contributed by atoms with Crippen LogP contribution in [0.25, 0.3) is 0 Å². The first-order chi connectivity index (χ1) is 7.52. The molecule has 4 nitrogen and oxygen atoms in total. The molecule has 1 N–H and O–H groups in total. The molecule has 94 valence electrons. The van der Waals surface area contributed by atoms with Gasteiger partial charge in [0, 0.05) is 19.5 Å². The highest BCUT2D eigenvalue weighted by molar-refractivity contribution is 5.79. The van der Waals surface area contributed by atoms with Gasteiger partial charge in [-0.3, -0.25) is 9.59 Å². The molecule has 0 aliphatic carbocycles. The minimum absolute atomic E-state index is 0.0210. The Hall–Kier alpha value is -1.06. The maximum atomic E-state index is 12.0. The Labute approximate surface area is 97.6 Å². The van der Waals surface area contributed by atoms with Gasteiger partial charge in [-0.1, -0.05) is 26.7 Å². The summed E-state index contributed by atoms with van der Waals surface area (Å²) in [6.07, 6.45) is 3.79. The SMILES string of the molecule is CCCC(CCC)C(=O)N(C)CCC(=O)O. The van der Waals surface area contributed by atoms with Crippen LogP contribution in [0, 0.1) is 5.92 Å². The van der Waals surface area contributed by atoms with E-state index in [-0.39, 0.29) is 18.2 Å². The maximum absolute atomic E-state index is 12.0. The number of carboxylic acids is 1. The highest BCUT2D eigenvalue weighted by Crippen LogP contribution is 2.16. The van der Waals surface area contributed by atoms with E-state index in [1.54, 1.807) is 11.9 Å². The number of carboxylic acid groups (broad SMARTS) is 1. The average molecular weight is 229 g/mol. The molecule has 0 aliphatic rings. The third-order valence-electron chi connectivity index (χ3n) is 2.66. The summed E-state index contributed by atoms with van der Waals surface area (Å²) in [5.74, 6) is -0.707. The second-order valence-corrected chi connectivity index (χ2v) is 4.18. The monoisotopic (exact) mass is 229 g/mol. The van der Waals surface area contributed by atoms with Gasteiger partial charge in [0.25, 0.3) is 0 Å². The lowest BCUT2D eigenvalue weighted by Crippen LogP contribution is -2.34. The minimum atomic E-state index is -0.859. The molecule has 0 aromatic rings. The molecule has 0 heterocycles. The number of hydrogen-bond donors (Lipinski definition) is 1. The zero-order valence-corrected chi connectivity index (χ0v) is 10.5. The summed E-state index contributed by atoms with van der Waals surface area (Å²) in [4.78, 5) is 23.9. The Balaban J connectivity index is 4.18. The van der Waals surface area contributed by atoms with Crippen LogP contribution in [0.15, 0.2) is 0 Å². The maximum Gasteiger partial charge on any atom is 0.305 e. The van der Waals surface area contributed by atoms with E-state index in [1.807, 2.05) is 0 Å². The van der Waals surface area contributed by atoms with Crippen LogP contribution in [-0.2, 0) is 9.59 Å². The first kappa shape index (κ1) is 14.9. The quantitative estimate of drug-likeness (QED) is 0.693. The van der Waals surface area contributed by atoms with Gasteiger partial charge in [0.15, 0.2) is 0 Å².